The van der Waals surface area contributed by atoms with Gasteiger partial charge in [0.05, 0.1) is 6.54 Å². The summed E-state index contributed by atoms with van der Waals surface area (Å²) in [5, 5.41) is 5.77. The molecule has 0 unspecified atom stereocenters. The summed E-state index contributed by atoms with van der Waals surface area (Å²) in [5.74, 6) is 0.671. The average Bonchev–Trinajstić information content (AvgIpc) is 2.76. The number of hydrogen-bond donors (Lipinski definition) is 3. The zero-order chi connectivity index (χ0) is 21.2. The van der Waals surface area contributed by atoms with E-state index in [1.807, 2.05) is 54.6 Å². The topological polar surface area (TPSA) is 103 Å². The predicted molar refractivity (Wildman–Crippen MR) is 116 cm³/mol. The van der Waals surface area contributed by atoms with Gasteiger partial charge in [-0.15, -0.1) is 0 Å². The smallest absolute Gasteiger partial charge is 0.248 e. The summed E-state index contributed by atoms with van der Waals surface area (Å²) >= 11 is 0. The number of para-hydroxylation sites is 1. The maximum Gasteiger partial charge on any atom is 0.248 e. The second-order valence-corrected chi connectivity index (χ2v) is 6.38. The fourth-order valence-electron chi connectivity index (χ4n) is 2.67. The highest BCUT2D eigenvalue weighted by molar-refractivity contribution is 5.97. The third-order valence-corrected chi connectivity index (χ3v) is 4.08. The average molecular weight is 405 g/mol. The van der Waals surface area contributed by atoms with E-state index >= 15 is 0 Å². The van der Waals surface area contributed by atoms with E-state index < -0.39 is 5.91 Å². The Labute approximate surface area is 174 Å². The second kappa shape index (κ2) is 10.5. The van der Waals surface area contributed by atoms with Crippen molar-refractivity contribution in [3.05, 3.63) is 84.4 Å². The molecule has 0 saturated carbocycles. The normalized spacial score (nSPS) is 10.1. The van der Waals surface area contributed by atoms with Crippen LogP contribution in [0.25, 0.3) is 0 Å². The molecule has 2 amide bonds. The van der Waals surface area contributed by atoms with Gasteiger partial charge in [-0.1, -0.05) is 30.3 Å². The maximum absolute atomic E-state index is 12.2. The minimum atomic E-state index is -0.546. The molecule has 0 aromatic heterocycles. The van der Waals surface area contributed by atoms with Crippen LogP contribution < -0.4 is 25.8 Å². The molecule has 0 spiro atoms. The lowest BCUT2D eigenvalue weighted by Gasteiger charge is -2.11. The number of benzene rings is 3. The summed E-state index contributed by atoms with van der Waals surface area (Å²) in [7, 11) is 0. The van der Waals surface area contributed by atoms with E-state index in [9.17, 15) is 9.59 Å². The van der Waals surface area contributed by atoms with Crippen molar-refractivity contribution in [2.75, 3.05) is 30.4 Å². The molecule has 0 aliphatic heterocycles. The molecule has 0 atom stereocenters. The van der Waals surface area contributed by atoms with E-state index in [-0.39, 0.29) is 12.5 Å². The highest BCUT2D eigenvalue weighted by atomic mass is 16.5. The summed E-state index contributed by atoms with van der Waals surface area (Å²) < 4.78 is 11.3. The molecule has 0 heterocycles. The lowest BCUT2D eigenvalue weighted by Crippen LogP contribution is -2.22. The van der Waals surface area contributed by atoms with Crippen molar-refractivity contribution in [2.24, 2.45) is 5.73 Å². The molecule has 3 rings (SSSR count). The second-order valence-electron chi connectivity index (χ2n) is 6.38. The molecule has 3 aromatic carbocycles. The van der Waals surface area contributed by atoms with Gasteiger partial charge in [0, 0.05) is 23.0 Å². The zero-order valence-electron chi connectivity index (χ0n) is 16.3. The van der Waals surface area contributed by atoms with Crippen LogP contribution in [0, 0.1) is 0 Å². The number of hydrogen-bond acceptors (Lipinski definition) is 5. The van der Waals surface area contributed by atoms with Gasteiger partial charge in [0.1, 0.15) is 24.7 Å². The van der Waals surface area contributed by atoms with Crippen molar-refractivity contribution < 1.29 is 19.1 Å². The van der Waals surface area contributed by atoms with Crippen molar-refractivity contribution in [3.63, 3.8) is 0 Å². The van der Waals surface area contributed by atoms with Gasteiger partial charge in [-0.3, -0.25) is 9.59 Å². The van der Waals surface area contributed by atoms with Crippen molar-refractivity contribution in [3.8, 4) is 11.5 Å². The molecule has 7 nitrogen and oxygen atoms in total. The van der Waals surface area contributed by atoms with Gasteiger partial charge < -0.3 is 25.8 Å². The van der Waals surface area contributed by atoms with Crippen LogP contribution in [0.15, 0.2) is 78.9 Å². The Kier molecular flexibility index (Phi) is 7.27. The van der Waals surface area contributed by atoms with Crippen molar-refractivity contribution in [1.82, 2.24) is 0 Å². The summed E-state index contributed by atoms with van der Waals surface area (Å²) in [6.45, 7) is 0.880. The van der Waals surface area contributed by atoms with Crippen LogP contribution in [-0.4, -0.2) is 31.6 Å². The molecule has 0 aliphatic rings. The van der Waals surface area contributed by atoms with Gasteiger partial charge >= 0.3 is 0 Å². The lowest BCUT2D eigenvalue weighted by atomic mass is 10.2. The molecule has 3 aromatic rings. The molecular formula is C23H23N3O4. The van der Waals surface area contributed by atoms with E-state index in [1.54, 1.807) is 18.2 Å². The van der Waals surface area contributed by atoms with Gasteiger partial charge in [-0.05, 0) is 42.5 Å². The Bertz CT molecular complexity index is 993. The van der Waals surface area contributed by atoms with Crippen molar-refractivity contribution in [2.45, 2.75) is 0 Å². The van der Waals surface area contributed by atoms with Crippen molar-refractivity contribution >= 4 is 23.2 Å². The highest BCUT2D eigenvalue weighted by Crippen LogP contribution is 2.17. The van der Waals surface area contributed by atoms with Gasteiger partial charge in [0.2, 0.25) is 11.8 Å². The number of nitrogens with one attached hydrogen (secondary N) is 2. The Morgan fingerprint density at radius 3 is 2.20 bits per heavy atom. The fraction of sp³-hybridized carbons (Fsp3) is 0.130. The van der Waals surface area contributed by atoms with Crippen LogP contribution in [0.2, 0.25) is 0 Å². The Morgan fingerprint density at radius 1 is 0.767 bits per heavy atom. The third kappa shape index (κ3) is 6.56. The maximum atomic E-state index is 12.2. The molecule has 0 aliphatic carbocycles. The first kappa shape index (κ1) is 20.7. The number of ether oxygens (including phenoxy) is 2. The van der Waals surface area contributed by atoms with Crippen LogP contribution >= 0.6 is 0 Å². The van der Waals surface area contributed by atoms with Crippen molar-refractivity contribution in [1.29, 1.82) is 0 Å². The molecular weight excluding hydrogens is 382 g/mol. The minimum absolute atomic E-state index is 0.0569. The summed E-state index contributed by atoms with van der Waals surface area (Å²) in [4.78, 5) is 23.4. The number of carbonyl (C=O) groups excluding carboxylic acids is 2. The summed E-state index contributed by atoms with van der Waals surface area (Å²) in [6.07, 6.45) is 0. The predicted octanol–water partition coefficient (Wildman–Crippen LogP) is 3.29. The van der Waals surface area contributed by atoms with Crippen LogP contribution in [0.4, 0.5) is 11.4 Å². The summed E-state index contributed by atoms with van der Waals surface area (Å²) in [6, 6.07) is 23.3. The molecule has 0 radical (unpaired) electrons. The molecule has 4 N–H and O–H groups in total. The molecule has 30 heavy (non-hydrogen) atoms. The number of amides is 2. The number of carbonyl (C=O) groups is 2. The van der Waals surface area contributed by atoms with E-state index in [2.05, 4.69) is 10.6 Å². The molecule has 7 heteroatoms. The number of anilines is 2. The Balaban J connectivity index is 1.43. The first-order chi connectivity index (χ1) is 14.6. The Morgan fingerprint density at radius 2 is 1.43 bits per heavy atom. The highest BCUT2D eigenvalue weighted by Gasteiger charge is 2.06. The lowest BCUT2D eigenvalue weighted by molar-refractivity contribution is -0.114. The van der Waals surface area contributed by atoms with E-state index in [4.69, 9.17) is 15.2 Å². The number of rotatable bonds is 10. The van der Waals surface area contributed by atoms with Crippen LogP contribution in [0.5, 0.6) is 11.5 Å². The van der Waals surface area contributed by atoms with Gasteiger partial charge in [0.25, 0.3) is 0 Å². The van der Waals surface area contributed by atoms with E-state index in [1.165, 1.54) is 6.07 Å². The Hall–Kier alpha value is -4.00. The number of primary amides is 1. The monoisotopic (exact) mass is 405 g/mol. The number of nitrogens with two attached hydrogens (primary N) is 1. The SMILES string of the molecule is NC(=O)c1cccc(NC(=O)CNc2cccc(OCCOc3ccccc3)c2)c1. The first-order valence-electron chi connectivity index (χ1n) is 9.44. The largest absolute Gasteiger partial charge is 0.490 e. The molecule has 154 valence electrons. The standard InChI is InChI=1S/C23H23N3O4/c24-23(28)17-6-4-8-19(14-17)26-22(27)16-25-18-7-5-11-21(15-18)30-13-12-29-20-9-2-1-3-10-20/h1-11,14-15,25H,12-13,16H2,(H2,24,28)(H,26,27). The molecule has 0 bridgehead atoms. The summed E-state index contributed by atoms with van der Waals surface area (Å²) in [5.41, 5.74) is 6.84. The first-order valence-corrected chi connectivity index (χ1v) is 9.44. The molecule has 0 saturated heterocycles. The molecule has 0 fully saturated rings. The minimum Gasteiger partial charge on any atom is -0.490 e. The van der Waals surface area contributed by atoms with Gasteiger partial charge in [-0.2, -0.15) is 0 Å². The zero-order valence-corrected chi connectivity index (χ0v) is 16.3. The van der Waals surface area contributed by atoms with Gasteiger partial charge in [0.15, 0.2) is 0 Å². The van der Waals surface area contributed by atoms with Crippen LogP contribution in [0.1, 0.15) is 10.4 Å². The fourth-order valence-corrected chi connectivity index (χ4v) is 2.67. The van der Waals surface area contributed by atoms with Gasteiger partial charge in [-0.25, -0.2) is 0 Å². The third-order valence-electron chi connectivity index (χ3n) is 4.08. The van der Waals surface area contributed by atoms with Crippen LogP contribution in [0.3, 0.4) is 0 Å². The van der Waals surface area contributed by atoms with E-state index in [0.29, 0.717) is 30.2 Å². The van der Waals surface area contributed by atoms with E-state index in [0.717, 1.165) is 11.4 Å². The van der Waals surface area contributed by atoms with Crippen LogP contribution in [-0.2, 0) is 4.79 Å². The quantitative estimate of drug-likeness (QED) is 0.449.